The molecule has 0 amide bonds. The largest absolute Gasteiger partial charge is 0.376 e. The van der Waals surface area contributed by atoms with Crippen molar-refractivity contribution in [3.8, 4) is 0 Å². The maximum absolute atomic E-state index is 5.95. The van der Waals surface area contributed by atoms with Crippen LogP contribution < -0.4 is 5.32 Å². The van der Waals surface area contributed by atoms with Gasteiger partial charge in [-0.1, -0.05) is 23.8 Å². The van der Waals surface area contributed by atoms with Gasteiger partial charge in [-0.25, -0.2) is 0 Å². The molecule has 1 aliphatic heterocycles. The van der Waals surface area contributed by atoms with Gasteiger partial charge in [0, 0.05) is 18.7 Å². The van der Waals surface area contributed by atoms with E-state index in [1.165, 1.54) is 37.7 Å². The van der Waals surface area contributed by atoms with Gasteiger partial charge in [-0.15, -0.1) is 0 Å². The van der Waals surface area contributed by atoms with Crippen molar-refractivity contribution in [2.24, 2.45) is 5.92 Å². The molecule has 3 aliphatic rings. The number of ether oxygens (including phenoxy) is 1. The molecule has 2 heteroatoms. The lowest BCUT2D eigenvalue weighted by molar-refractivity contribution is 0.0788. The summed E-state index contributed by atoms with van der Waals surface area (Å²) in [5, 5.41) is 3.91. The van der Waals surface area contributed by atoms with E-state index in [2.05, 4.69) is 30.4 Å². The predicted octanol–water partition coefficient (Wildman–Crippen LogP) is 3.14. The summed E-state index contributed by atoms with van der Waals surface area (Å²) in [6.07, 6.45) is 6.93. The second kappa shape index (κ2) is 4.60. The first-order valence-electron chi connectivity index (χ1n) is 7.78. The fourth-order valence-electron chi connectivity index (χ4n) is 3.83. The molecule has 1 aromatic carbocycles. The van der Waals surface area contributed by atoms with Gasteiger partial charge in [0.15, 0.2) is 0 Å². The Hall–Kier alpha value is -0.860. The number of benzene rings is 1. The highest BCUT2D eigenvalue weighted by molar-refractivity contribution is 5.37. The van der Waals surface area contributed by atoms with Gasteiger partial charge in [-0.05, 0) is 56.1 Å². The van der Waals surface area contributed by atoms with Gasteiger partial charge in [0.25, 0.3) is 0 Å². The Morgan fingerprint density at radius 1 is 1.16 bits per heavy atom. The van der Waals surface area contributed by atoms with Crippen LogP contribution in [0.2, 0.25) is 0 Å². The number of aryl methyl sites for hydroxylation is 2. The Kier molecular flexibility index (Phi) is 2.89. The highest BCUT2D eigenvalue weighted by atomic mass is 16.5. The van der Waals surface area contributed by atoms with Crippen LogP contribution in [0.1, 0.15) is 48.4 Å². The summed E-state index contributed by atoms with van der Waals surface area (Å²) in [5.74, 6) is 0.846. The zero-order valence-electron chi connectivity index (χ0n) is 11.7. The first kappa shape index (κ1) is 11.9. The van der Waals surface area contributed by atoms with E-state index in [4.69, 9.17) is 4.74 Å². The van der Waals surface area contributed by atoms with E-state index in [0.29, 0.717) is 18.2 Å². The molecule has 3 unspecified atom stereocenters. The van der Waals surface area contributed by atoms with Crippen molar-refractivity contribution >= 4 is 0 Å². The zero-order chi connectivity index (χ0) is 12.8. The van der Waals surface area contributed by atoms with Crippen molar-refractivity contribution in [1.29, 1.82) is 0 Å². The molecular weight excluding hydrogens is 234 g/mol. The van der Waals surface area contributed by atoms with Gasteiger partial charge < -0.3 is 10.1 Å². The summed E-state index contributed by atoms with van der Waals surface area (Å²) in [5.41, 5.74) is 4.47. The van der Waals surface area contributed by atoms with Crippen molar-refractivity contribution in [1.82, 2.24) is 5.32 Å². The molecule has 102 valence electrons. The molecule has 1 saturated heterocycles. The quantitative estimate of drug-likeness (QED) is 0.898. The first-order valence-corrected chi connectivity index (χ1v) is 7.78. The molecule has 2 fully saturated rings. The third-order valence-electron chi connectivity index (χ3n) is 5.02. The van der Waals surface area contributed by atoms with E-state index in [9.17, 15) is 0 Å². The highest BCUT2D eigenvalue weighted by Gasteiger charge is 2.41. The standard InChI is InChI=1S/C17H23NO/c1-11-2-3-12-6-7-15(14(12)10-11)18-16-8-9-19-17(16)13-4-5-13/h2-3,10,13,15-18H,4-9H2,1H3. The summed E-state index contributed by atoms with van der Waals surface area (Å²) < 4.78 is 5.95. The van der Waals surface area contributed by atoms with Crippen LogP contribution in [0.25, 0.3) is 0 Å². The minimum Gasteiger partial charge on any atom is -0.376 e. The van der Waals surface area contributed by atoms with Gasteiger partial charge in [0.05, 0.1) is 6.10 Å². The Morgan fingerprint density at radius 2 is 2.05 bits per heavy atom. The molecule has 0 bridgehead atoms. The van der Waals surface area contributed by atoms with Crippen molar-refractivity contribution in [2.45, 2.75) is 57.2 Å². The summed E-state index contributed by atoms with van der Waals surface area (Å²) in [6, 6.07) is 8.08. The maximum Gasteiger partial charge on any atom is 0.0757 e. The Bertz CT molecular complexity index is 480. The monoisotopic (exact) mass is 257 g/mol. The van der Waals surface area contributed by atoms with Crippen LogP contribution in [-0.2, 0) is 11.2 Å². The molecule has 2 nitrogen and oxygen atoms in total. The summed E-state index contributed by atoms with van der Waals surface area (Å²) in [6.45, 7) is 3.15. The Labute approximate surface area is 115 Å². The maximum atomic E-state index is 5.95. The summed E-state index contributed by atoms with van der Waals surface area (Å²) in [4.78, 5) is 0. The van der Waals surface area contributed by atoms with Gasteiger partial charge in [-0.3, -0.25) is 0 Å². The highest BCUT2D eigenvalue weighted by Crippen LogP contribution is 2.40. The molecule has 0 spiro atoms. The molecule has 1 N–H and O–H groups in total. The van der Waals surface area contributed by atoms with Crippen LogP contribution in [0, 0.1) is 12.8 Å². The smallest absolute Gasteiger partial charge is 0.0757 e. The third-order valence-corrected chi connectivity index (χ3v) is 5.02. The van der Waals surface area contributed by atoms with E-state index in [1.807, 2.05) is 0 Å². The second-order valence-electron chi connectivity index (χ2n) is 6.53. The number of hydrogen-bond donors (Lipinski definition) is 1. The third kappa shape index (κ3) is 2.21. The molecule has 0 radical (unpaired) electrons. The predicted molar refractivity (Wildman–Crippen MR) is 76.2 cm³/mol. The van der Waals surface area contributed by atoms with Crippen molar-refractivity contribution in [3.63, 3.8) is 0 Å². The second-order valence-corrected chi connectivity index (χ2v) is 6.53. The molecule has 1 saturated carbocycles. The van der Waals surface area contributed by atoms with Crippen LogP contribution in [0.4, 0.5) is 0 Å². The Balaban J connectivity index is 1.51. The van der Waals surface area contributed by atoms with Gasteiger partial charge in [0.1, 0.15) is 0 Å². The molecule has 2 aliphatic carbocycles. The summed E-state index contributed by atoms with van der Waals surface area (Å²) in [7, 11) is 0. The van der Waals surface area contributed by atoms with E-state index in [-0.39, 0.29) is 0 Å². The first-order chi connectivity index (χ1) is 9.31. The molecule has 0 aromatic heterocycles. The minimum atomic E-state index is 0.494. The van der Waals surface area contributed by atoms with E-state index >= 15 is 0 Å². The van der Waals surface area contributed by atoms with E-state index < -0.39 is 0 Å². The van der Waals surface area contributed by atoms with Gasteiger partial charge >= 0.3 is 0 Å². The topological polar surface area (TPSA) is 21.3 Å². The number of rotatable bonds is 3. The van der Waals surface area contributed by atoms with Crippen molar-refractivity contribution in [2.75, 3.05) is 6.61 Å². The average molecular weight is 257 g/mol. The number of fused-ring (bicyclic) bond motifs is 1. The van der Waals surface area contributed by atoms with E-state index in [1.54, 1.807) is 11.1 Å². The van der Waals surface area contributed by atoms with Crippen LogP contribution in [0.3, 0.4) is 0 Å². The van der Waals surface area contributed by atoms with Crippen LogP contribution in [0.15, 0.2) is 18.2 Å². The molecule has 1 aromatic rings. The Morgan fingerprint density at radius 3 is 2.89 bits per heavy atom. The average Bonchev–Trinajstić information content (AvgIpc) is 3.03. The number of nitrogens with one attached hydrogen (secondary N) is 1. The number of hydrogen-bond acceptors (Lipinski definition) is 2. The molecule has 4 rings (SSSR count). The fraction of sp³-hybridized carbons (Fsp3) is 0.647. The molecule has 3 atom stereocenters. The van der Waals surface area contributed by atoms with E-state index in [0.717, 1.165) is 12.5 Å². The van der Waals surface area contributed by atoms with Gasteiger partial charge in [-0.2, -0.15) is 0 Å². The van der Waals surface area contributed by atoms with Crippen molar-refractivity contribution in [3.05, 3.63) is 34.9 Å². The minimum absolute atomic E-state index is 0.494. The lowest BCUT2D eigenvalue weighted by Crippen LogP contribution is -2.39. The van der Waals surface area contributed by atoms with Crippen LogP contribution in [0.5, 0.6) is 0 Å². The van der Waals surface area contributed by atoms with Gasteiger partial charge in [0.2, 0.25) is 0 Å². The van der Waals surface area contributed by atoms with Crippen LogP contribution in [-0.4, -0.2) is 18.8 Å². The SMILES string of the molecule is Cc1ccc2c(c1)C(NC1CCOC1C1CC1)CC2. The van der Waals surface area contributed by atoms with Crippen LogP contribution >= 0.6 is 0 Å². The lowest BCUT2D eigenvalue weighted by Gasteiger charge is -2.24. The molecule has 1 heterocycles. The summed E-state index contributed by atoms with van der Waals surface area (Å²) >= 11 is 0. The molecular formula is C17H23NO. The normalized spacial score (nSPS) is 33.6. The fourth-order valence-corrected chi connectivity index (χ4v) is 3.83. The van der Waals surface area contributed by atoms with Crippen molar-refractivity contribution < 1.29 is 4.74 Å². The molecule has 19 heavy (non-hydrogen) atoms. The zero-order valence-corrected chi connectivity index (χ0v) is 11.7. The lowest BCUT2D eigenvalue weighted by atomic mass is 10.0.